The molecule has 3 nitrogen and oxygen atoms in total. The lowest BCUT2D eigenvalue weighted by Gasteiger charge is -2.14. The normalized spacial score (nSPS) is 12.5. The van der Waals surface area contributed by atoms with Gasteiger partial charge in [-0.25, -0.2) is 0 Å². The summed E-state index contributed by atoms with van der Waals surface area (Å²) in [6.45, 7) is 2.79. The average Bonchev–Trinajstić information content (AvgIpc) is 2.27. The van der Waals surface area contributed by atoms with E-state index in [-0.39, 0.29) is 12.7 Å². The van der Waals surface area contributed by atoms with E-state index >= 15 is 0 Å². The van der Waals surface area contributed by atoms with Crippen LogP contribution in [-0.4, -0.2) is 24.9 Å². The van der Waals surface area contributed by atoms with Crippen molar-refractivity contribution < 1.29 is 14.6 Å². The van der Waals surface area contributed by atoms with Gasteiger partial charge < -0.3 is 14.6 Å². The SMILES string of the molecule is COCCC(C)Oc1ccc(CO)cc1. The molecule has 0 saturated carbocycles. The zero-order valence-corrected chi connectivity index (χ0v) is 9.27. The second-order valence-corrected chi connectivity index (χ2v) is 3.51. The number of hydrogen-bond acceptors (Lipinski definition) is 3. The third-order valence-corrected chi connectivity index (χ3v) is 2.17. The maximum atomic E-state index is 8.87. The highest BCUT2D eigenvalue weighted by Crippen LogP contribution is 2.14. The van der Waals surface area contributed by atoms with Gasteiger partial charge in [0.05, 0.1) is 12.7 Å². The summed E-state index contributed by atoms with van der Waals surface area (Å²) in [6.07, 6.45) is 1.02. The molecular weight excluding hydrogens is 192 g/mol. The first-order chi connectivity index (χ1) is 7.26. The van der Waals surface area contributed by atoms with Crippen LogP contribution >= 0.6 is 0 Å². The van der Waals surface area contributed by atoms with Gasteiger partial charge in [0.1, 0.15) is 5.75 Å². The Morgan fingerprint density at radius 2 is 1.93 bits per heavy atom. The van der Waals surface area contributed by atoms with Crippen molar-refractivity contribution in [1.29, 1.82) is 0 Å². The fourth-order valence-corrected chi connectivity index (χ4v) is 1.25. The maximum Gasteiger partial charge on any atom is 0.119 e. The van der Waals surface area contributed by atoms with Crippen molar-refractivity contribution in [3.63, 3.8) is 0 Å². The summed E-state index contributed by atoms with van der Waals surface area (Å²) >= 11 is 0. The summed E-state index contributed by atoms with van der Waals surface area (Å²) in [6, 6.07) is 7.46. The Hall–Kier alpha value is -1.06. The Morgan fingerprint density at radius 3 is 2.47 bits per heavy atom. The number of benzene rings is 1. The minimum Gasteiger partial charge on any atom is -0.491 e. The van der Waals surface area contributed by atoms with Crippen molar-refractivity contribution in [2.75, 3.05) is 13.7 Å². The lowest BCUT2D eigenvalue weighted by Crippen LogP contribution is -2.14. The zero-order chi connectivity index (χ0) is 11.1. The molecule has 1 aromatic carbocycles. The molecule has 84 valence electrons. The zero-order valence-electron chi connectivity index (χ0n) is 9.27. The molecule has 1 aromatic rings. The Labute approximate surface area is 90.6 Å². The second kappa shape index (κ2) is 6.43. The molecule has 0 aliphatic carbocycles. The number of hydrogen-bond donors (Lipinski definition) is 1. The highest BCUT2D eigenvalue weighted by atomic mass is 16.5. The maximum absolute atomic E-state index is 8.87. The summed E-state index contributed by atoms with van der Waals surface area (Å²) in [5.41, 5.74) is 0.895. The molecule has 1 unspecified atom stereocenters. The van der Waals surface area contributed by atoms with E-state index in [1.807, 2.05) is 31.2 Å². The topological polar surface area (TPSA) is 38.7 Å². The number of aliphatic hydroxyl groups is 1. The van der Waals surface area contributed by atoms with Crippen molar-refractivity contribution in [2.45, 2.75) is 26.1 Å². The van der Waals surface area contributed by atoms with Crippen molar-refractivity contribution in [3.8, 4) is 5.75 Å². The lowest BCUT2D eigenvalue weighted by molar-refractivity contribution is 0.135. The van der Waals surface area contributed by atoms with Gasteiger partial charge in [-0.15, -0.1) is 0 Å². The highest BCUT2D eigenvalue weighted by molar-refractivity contribution is 5.26. The first kappa shape index (κ1) is 12.0. The van der Waals surface area contributed by atoms with Crippen LogP contribution in [0.2, 0.25) is 0 Å². The minimum atomic E-state index is 0.0690. The largest absolute Gasteiger partial charge is 0.491 e. The van der Waals surface area contributed by atoms with Crippen LogP contribution in [0.1, 0.15) is 18.9 Å². The van der Waals surface area contributed by atoms with E-state index in [0.717, 1.165) is 17.7 Å². The molecular formula is C12H18O3. The summed E-state index contributed by atoms with van der Waals surface area (Å²) in [7, 11) is 1.68. The smallest absolute Gasteiger partial charge is 0.119 e. The summed E-state index contributed by atoms with van der Waals surface area (Å²) in [4.78, 5) is 0. The van der Waals surface area contributed by atoms with Gasteiger partial charge >= 0.3 is 0 Å². The van der Waals surface area contributed by atoms with Crippen molar-refractivity contribution in [3.05, 3.63) is 29.8 Å². The third-order valence-electron chi connectivity index (χ3n) is 2.17. The molecule has 1 N–H and O–H groups in total. The second-order valence-electron chi connectivity index (χ2n) is 3.51. The Bertz CT molecular complexity index is 269. The van der Waals surface area contributed by atoms with Gasteiger partial charge in [-0.05, 0) is 24.6 Å². The van der Waals surface area contributed by atoms with Crippen molar-refractivity contribution in [1.82, 2.24) is 0 Å². The third kappa shape index (κ3) is 4.32. The fraction of sp³-hybridized carbons (Fsp3) is 0.500. The molecule has 0 aromatic heterocycles. The molecule has 0 aliphatic heterocycles. The number of ether oxygens (including phenoxy) is 2. The molecule has 1 atom stereocenters. The van der Waals surface area contributed by atoms with Crippen LogP contribution in [0.4, 0.5) is 0 Å². The van der Waals surface area contributed by atoms with Crippen LogP contribution in [0.15, 0.2) is 24.3 Å². The first-order valence-electron chi connectivity index (χ1n) is 5.11. The van der Waals surface area contributed by atoms with Gasteiger partial charge in [0.25, 0.3) is 0 Å². The highest BCUT2D eigenvalue weighted by Gasteiger charge is 2.03. The van der Waals surface area contributed by atoms with E-state index in [1.54, 1.807) is 7.11 Å². The van der Waals surface area contributed by atoms with Gasteiger partial charge in [0.2, 0.25) is 0 Å². The van der Waals surface area contributed by atoms with Gasteiger partial charge in [0, 0.05) is 20.1 Å². The number of methoxy groups -OCH3 is 1. The van der Waals surface area contributed by atoms with E-state index in [0.29, 0.717) is 6.61 Å². The molecule has 0 saturated heterocycles. The van der Waals surface area contributed by atoms with E-state index in [1.165, 1.54) is 0 Å². The Kier molecular flexibility index (Phi) is 5.15. The van der Waals surface area contributed by atoms with Gasteiger partial charge in [0.15, 0.2) is 0 Å². The molecule has 0 radical (unpaired) electrons. The Balaban J connectivity index is 2.42. The van der Waals surface area contributed by atoms with Crippen LogP contribution in [-0.2, 0) is 11.3 Å². The molecule has 0 fully saturated rings. The van der Waals surface area contributed by atoms with Crippen molar-refractivity contribution in [2.24, 2.45) is 0 Å². The van der Waals surface area contributed by atoms with Crippen molar-refractivity contribution >= 4 is 0 Å². The summed E-state index contributed by atoms with van der Waals surface area (Å²) in [5.74, 6) is 0.829. The molecule has 15 heavy (non-hydrogen) atoms. The monoisotopic (exact) mass is 210 g/mol. The summed E-state index contributed by atoms with van der Waals surface area (Å²) in [5, 5.41) is 8.87. The number of aliphatic hydroxyl groups excluding tert-OH is 1. The molecule has 0 aliphatic rings. The van der Waals surface area contributed by atoms with Crippen LogP contribution in [0.25, 0.3) is 0 Å². The fourth-order valence-electron chi connectivity index (χ4n) is 1.25. The van der Waals surface area contributed by atoms with Gasteiger partial charge in [-0.2, -0.15) is 0 Å². The summed E-state index contributed by atoms with van der Waals surface area (Å²) < 4.78 is 10.6. The quantitative estimate of drug-likeness (QED) is 0.780. The molecule has 0 spiro atoms. The van der Waals surface area contributed by atoms with Crippen LogP contribution in [0.5, 0.6) is 5.75 Å². The predicted octanol–water partition coefficient (Wildman–Crippen LogP) is 1.98. The van der Waals surface area contributed by atoms with E-state index in [9.17, 15) is 0 Å². The molecule has 0 amide bonds. The number of rotatable bonds is 6. The van der Waals surface area contributed by atoms with Gasteiger partial charge in [-0.1, -0.05) is 12.1 Å². The van der Waals surface area contributed by atoms with E-state index in [4.69, 9.17) is 14.6 Å². The standard InChI is InChI=1S/C12H18O3/c1-10(7-8-14-2)15-12-5-3-11(9-13)4-6-12/h3-6,10,13H,7-9H2,1-2H3. The van der Waals surface area contributed by atoms with Crippen LogP contribution < -0.4 is 4.74 Å². The lowest BCUT2D eigenvalue weighted by atomic mass is 10.2. The Morgan fingerprint density at radius 1 is 1.27 bits per heavy atom. The van der Waals surface area contributed by atoms with E-state index < -0.39 is 0 Å². The molecule has 0 heterocycles. The van der Waals surface area contributed by atoms with Crippen LogP contribution in [0, 0.1) is 0 Å². The average molecular weight is 210 g/mol. The van der Waals surface area contributed by atoms with Crippen LogP contribution in [0.3, 0.4) is 0 Å². The molecule has 1 rings (SSSR count). The molecule has 0 bridgehead atoms. The molecule has 3 heteroatoms. The first-order valence-corrected chi connectivity index (χ1v) is 5.11. The van der Waals surface area contributed by atoms with Gasteiger partial charge in [-0.3, -0.25) is 0 Å². The van der Waals surface area contributed by atoms with E-state index in [2.05, 4.69) is 0 Å². The predicted molar refractivity (Wildman–Crippen MR) is 58.9 cm³/mol. The minimum absolute atomic E-state index is 0.0690.